The molecule has 2 heterocycles. The number of carbonyl (C=O) groups is 3. The smallest absolute Gasteiger partial charge is 0.341 e. The van der Waals surface area contributed by atoms with E-state index < -0.39 is 11.2 Å². The first-order valence-electron chi connectivity index (χ1n) is 14.0. The lowest BCUT2D eigenvalue weighted by atomic mass is 9.72. The third kappa shape index (κ3) is 7.15. The fourth-order valence-electron chi connectivity index (χ4n) is 4.86. The molecule has 10 nitrogen and oxygen atoms in total. The number of nitrogens with zero attached hydrogens (tertiary/aromatic N) is 3. The van der Waals surface area contributed by atoms with Crippen molar-refractivity contribution in [2.45, 2.75) is 70.8 Å². The standard InChI is InChI=1S/C30H39N5O5S2/c1-8-40-28(38)24-21-14-11-19(30(3,4)5)15-22(21)42-27(24)32-25(36)17(2)41-29-34-33-23(35(29)6)16-31-26(37)18-9-12-20(39-7)13-10-18/h9-10,12-13,17,19H,8,11,14-16H2,1-7H3,(H,31,37)(H,32,36). The molecule has 1 aromatic carbocycles. The largest absolute Gasteiger partial charge is 0.497 e. The molecule has 0 aliphatic heterocycles. The van der Waals surface area contributed by atoms with E-state index in [1.165, 1.54) is 23.1 Å². The van der Waals surface area contributed by atoms with Gasteiger partial charge in [0, 0.05) is 17.5 Å². The van der Waals surface area contributed by atoms with E-state index in [9.17, 15) is 14.4 Å². The van der Waals surface area contributed by atoms with E-state index in [2.05, 4.69) is 41.6 Å². The van der Waals surface area contributed by atoms with Crippen molar-refractivity contribution in [2.24, 2.45) is 18.4 Å². The first-order valence-corrected chi connectivity index (χ1v) is 15.7. The molecule has 0 bridgehead atoms. The van der Waals surface area contributed by atoms with Crippen LogP contribution in [0.15, 0.2) is 29.4 Å². The van der Waals surface area contributed by atoms with Crippen LogP contribution in [0.5, 0.6) is 5.75 Å². The van der Waals surface area contributed by atoms with Gasteiger partial charge in [0.05, 0.1) is 31.1 Å². The number of amides is 2. The number of aromatic nitrogens is 3. The van der Waals surface area contributed by atoms with Crippen molar-refractivity contribution in [1.82, 2.24) is 20.1 Å². The minimum Gasteiger partial charge on any atom is -0.497 e. The summed E-state index contributed by atoms with van der Waals surface area (Å²) in [5, 5.41) is 14.8. The van der Waals surface area contributed by atoms with Gasteiger partial charge in [-0.05, 0) is 74.3 Å². The summed E-state index contributed by atoms with van der Waals surface area (Å²) in [4.78, 5) is 40.0. The van der Waals surface area contributed by atoms with Crippen molar-refractivity contribution in [3.63, 3.8) is 0 Å². The van der Waals surface area contributed by atoms with Crippen LogP contribution in [0.3, 0.4) is 0 Å². The number of thiophene rings is 1. The highest BCUT2D eigenvalue weighted by Crippen LogP contribution is 2.44. The Labute approximate surface area is 255 Å². The van der Waals surface area contributed by atoms with Gasteiger partial charge in [-0.2, -0.15) is 0 Å². The molecule has 226 valence electrons. The van der Waals surface area contributed by atoms with Gasteiger partial charge < -0.3 is 24.7 Å². The summed E-state index contributed by atoms with van der Waals surface area (Å²) >= 11 is 2.74. The molecule has 4 rings (SSSR count). The fraction of sp³-hybridized carbons (Fsp3) is 0.500. The number of methoxy groups -OCH3 is 1. The van der Waals surface area contributed by atoms with Crippen molar-refractivity contribution < 1.29 is 23.9 Å². The lowest BCUT2D eigenvalue weighted by Gasteiger charge is -2.33. The van der Waals surface area contributed by atoms with E-state index in [0.29, 0.717) is 38.8 Å². The van der Waals surface area contributed by atoms with Crippen LogP contribution in [0.4, 0.5) is 5.00 Å². The number of fused-ring (bicyclic) bond motifs is 1. The molecule has 1 aliphatic carbocycles. The topological polar surface area (TPSA) is 124 Å². The highest BCUT2D eigenvalue weighted by atomic mass is 32.2. The fourth-order valence-corrected chi connectivity index (χ4v) is 7.02. The van der Waals surface area contributed by atoms with Crippen LogP contribution in [0.2, 0.25) is 0 Å². The van der Waals surface area contributed by atoms with Gasteiger partial charge in [0.25, 0.3) is 5.91 Å². The maximum Gasteiger partial charge on any atom is 0.341 e. The molecule has 0 spiro atoms. The maximum atomic E-state index is 13.3. The number of ether oxygens (including phenoxy) is 2. The Kier molecular flexibility index (Phi) is 9.98. The third-order valence-corrected chi connectivity index (χ3v) is 9.85. The number of carbonyl (C=O) groups excluding carboxylic acids is 3. The first kappa shape index (κ1) is 31.6. The number of hydrogen-bond acceptors (Lipinski definition) is 9. The van der Waals surface area contributed by atoms with Gasteiger partial charge >= 0.3 is 5.97 Å². The van der Waals surface area contributed by atoms with Crippen LogP contribution < -0.4 is 15.4 Å². The van der Waals surface area contributed by atoms with E-state index in [1.807, 2.05) is 0 Å². The van der Waals surface area contributed by atoms with E-state index in [1.54, 1.807) is 56.8 Å². The second-order valence-corrected chi connectivity index (χ2v) is 13.8. The van der Waals surface area contributed by atoms with Gasteiger partial charge in [-0.15, -0.1) is 21.5 Å². The van der Waals surface area contributed by atoms with Crippen molar-refractivity contribution >= 4 is 45.9 Å². The van der Waals surface area contributed by atoms with Crippen molar-refractivity contribution in [2.75, 3.05) is 19.0 Å². The summed E-state index contributed by atoms with van der Waals surface area (Å²) in [6.07, 6.45) is 2.67. The maximum absolute atomic E-state index is 13.3. The lowest BCUT2D eigenvalue weighted by Crippen LogP contribution is -2.27. The number of thioether (sulfide) groups is 1. The molecule has 42 heavy (non-hydrogen) atoms. The van der Waals surface area contributed by atoms with Gasteiger partial charge in [-0.3, -0.25) is 9.59 Å². The molecule has 2 N–H and O–H groups in total. The summed E-state index contributed by atoms with van der Waals surface area (Å²) in [6.45, 7) is 10.7. The number of benzene rings is 1. The van der Waals surface area contributed by atoms with E-state index in [4.69, 9.17) is 9.47 Å². The molecule has 0 fully saturated rings. The Morgan fingerprint density at radius 2 is 1.90 bits per heavy atom. The summed E-state index contributed by atoms with van der Waals surface area (Å²) in [5.74, 6) is 0.846. The third-order valence-electron chi connectivity index (χ3n) is 7.54. The molecule has 2 unspecified atom stereocenters. The number of anilines is 1. The lowest BCUT2D eigenvalue weighted by molar-refractivity contribution is -0.115. The molecular formula is C30H39N5O5S2. The molecule has 12 heteroatoms. The summed E-state index contributed by atoms with van der Waals surface area (Å²) < 4.78 is 12.3. The Morgan fingerprint density at radius 3 is 2.55 bits per heavy atom. The number of rotatable bonds is 10. The highest BCUT2D eigenvalue weighted by Gasteiger charge is 2.35. The Balaban J connectivity index is 1.42. The number of hydrogen-bond donors (Lipinski definition) is 2. The molecule has 3 aromatic rings. The molecule has 2 atom stereocenters. The average molecular weight is 614 g/mol. The SMILES string of the molecule is CCOC(=O)c1c(NC(=O)C(C)Sc2nnc(CNC(=O)c3ccc(OC)cc3)n2C)sc2c1CCC(C(C)(C)C)C2. The molecule has 1 aliphatic rings. The molecule has 0 saturated heterocycles. The summed E-state index contributed by atoms with van der Waals surface area (Å²) in [5.41, 5.74) is 2.16. The molecule has 2 amide bonds. The van der Waals surface area contributed by atoms with Crippen molar-refractivity contribution in [1.29, 1.82) is 0 Å². The zero-order valence-electron chi connectivity index (χ0n) is 25.2. The first-order chi connectivity index (χ1) is 19.9. The van der Waals surface area contributed by atoms with Gasteiger partial charge in [-0.25, -0.2) is 4.79 Å². The normalized spacial score (nSPS) is 15.5. The summed E-state index contributed by atoms with van der Waals surface area (Å²) in [7, 11) is 3.36. The molecule has 0 radical (unpaired) electrons. The Hall–Kier alpha value is -3.38. The van der Waals surface area contributed by atoms with Gasteiger partial charge in [-0.1, -0.05) is 32.5 Å². The van der Waals surface area contributed by atoms with Crippen LogP contribution in [-0.4, -0.2) is 51.5 Å². The second-order valence-electron chi connectivity index (χ2n) is 11.4. The highest BCUT2D eigenvalue weighted by molar-refractivity contribution is 8.00. The average Bonchev–Trinajstić information content (AvgIpc) is 3.49. The summed E-state index contributed by atoms with van der Waals surface area (Å²) in [6, 6.07) is 6.82. The zero-order valence-corrected chi connectivity index (χ0v) is 26.8. The minimum absolute atomic E-state index is 0.160. The van der Waals surface area contributed by atoms with E-state index in [-0.39, 0.29) is 30.4 Å². The predicted octanol–water partition coefficient (Wildman–Crippen LogP) is 5.26. The predicted molar refractivity (Wildman–Crippen MR) is 164 cm³/mol. The Bertz CT molecular complexity index is 1440. The van der Waals surface area contributed by atoms with E-state index in [0.717, 1.165) is 29.7 Å². The molecular weight excluding hydrogens is 574 g/mol. The van der Waals surface area contributed by atoms with Crippen LogP contribution in [-0.2, 0) is 36.0 Å². The van der Waals surface area contributed by atoms with E-state index >= 15 is 0 Å². The van der Waals surface area contributed by atoms with Crippen LogP contribution in [0, 0.1) is 11.3 Å². The zero-order chi connectivity index (χ0) is 30.6. The second kappa shape index (κ2) is 13.3. The van der Waals surface area contributed by atoms with Gasteiger partial charge in [0.15, 0.2) is 11.0 Å². The van der Waals surface area contributed by atoms with Crippen molar-refractivity contribution in [3.8, 4) is 5.75 Å². The van der Waals surface area contributed by atoms with Crippen molar-refractivity contribution in [3.05, 3.63) is 51.7 Å². The minimum atomic E-state index is -0.522. The Morgan fingerprint density at radius 1 is 1.19 bits per heavy atom. The van der Waals surface area contributed by atoms with Gasteiger partial charge in [0.1, 0.15) is 10.8 Å². The number of nitrogens with one attached hydrogen (secondary N) is 2. The van der Waals surface area contributed by atoms with Gasteiger partial charge in [0.2, 0.25) is 5.91 Å². The molecule has 2 aromatic heterocycles. The number of esters is 1. The van der Waals surface area contributed by atoms with Crippen LogP contribution in [0.1, 0.15) is 78.0 Å². The molecule has 0 saturated carbocycles. The van der Waals surface area contributed by atoms with Crippen LogP contribution in [0.25, 0.3) is 0 Å². The quantitative estimate of drug-likeness (QED) is 0.234. The van der Waals surface area contributed by atoms with Crippen LogP contribution >= 0.6 is 23.1 Å². The monoisotopic (exact) mass is 613 g/mol.